The van der Waals surface area contributed by atoms with Crippen molar-refractivity contribution in [3.63, 3.8) is 0 Å². The molecule has 1 aliphatic heterocycles. The summed E-state index contributed by atoms with van der Waals surface area (Å²) in [5.41, 5.74) is 7.75. The second-order valence-electron chi connectivity index (χ2n) is 4.50. The predicted molar refractivity (Wildman–Crippen MR) is 69.4 cm³/mol. The van der Waals surface area contributed by atoms with E-state index in [2.05, 4.69) is 5.32 Å². The first kappa shape index (κ1) is 12.4. The zero-order valence-corrected chi connectivity index (χ0v) is 10.4. The van der Waals surface area contributed by atoms with Gasteiger partial charge in [-0.15, -0.1) is 0 Å². The molecule has 1 aromatic carbocycles. The third-order valence-corrected chi connectivity index (χ3v) is 3.05. The van der Waals surface area contributed by atoms with Gasteiger partial charge in [-0.1, -0.05) is 12.1 Å². The lowest BCUT2D eigenvalue weighted by Crippen LogP contribution is -2.36. The van der Waals surface area contributed by atoms with Gasteiger partial charge in [0.2, 0.25) is 5.91 Å². The number of nitrogens with two attached hydrogens (primary N) is 1. The van der Waals surface area contributed by atoms with Crippen molar-refractivity contribution in [3.8, 4) is 0 Å². The van der Waals surface area contributed by atoms with Gasteiger partial charge in [-0.25, -0.2) is 0 Å². The number of aryl methyl sites for hydroxylation is 1. The summed E-state index contributed by atoms with van der Waals surface area (Å²) < 4.78 is 0. The number of para-hydroxylation sites is 1. The van der Waals surface area contributed by atoms with Crippen molar-refractivity contribution in [3.05, 3.63) is 29.3 Å². The first-order valence-electron chi connectivity index (χ1n) is 5.99. The first-order valence-corrected chi connectivity index (χ1v) is 5.99. The molecule has 5 heteroatoms. The molecule has 0 aliphatic carbocycles. The second-order valence-corrected chi connectivity index (χ2v) is 4.50. The Kier molecular flexibility index (Phi) is 3.50. The zero-order chi connectivity index (χ0) is 13.1. The molecule has 5 nitrogen and oxygen atoms in total. The SMILES string of the molecule is CN(CC(N)=O)C(=O)c1cccc2c1NCCC2. The highest BCUT2D eigenvalue weighted by Gasteiger charge is 2.20. The van der Waals surface area contributed by atoms with E-state index >= 15 is 0 Å². The number of hydrogen-bond acceptors (Lipinski definition) is 3. The van der Waals surface area contributed by atoms with E-state index in [-0.39, 0.29) is 12.5 Å². The van der Waals surface area contributed by atoms with E-state index in [4.69, 9.17) is 5.73 Å². The summed E-state index contributed by atoms with van der Waals surface area (Å²) in [5.74, 6) is -0.691. The van der Waals surface area contributed by atoms with Gasteiger partial charge < -0.3 is 16.0 Å². The molecule has 0 bridgehead atoms. The van der Waals surface area contributed by atoms with Crippen LogP contribution in [-0.2, 0) is 11.2 Å². The topological polar surface area (TPSA) is 75.4 Å². The van der Waals surface area contributed by atoms with Gasteiger partial charge in [0.05, 0.1) is 17.8 Å². The van der Waals surface area contributed by atoms with Gasteiger partial charge in [-0.2, -0.15) is 0 Å². The van der Waals surface area contributed by atoms with E-state index < -0.39 is 5.91 Å². The lowest BCUT2D eigenvalue weighted by Gasteiger charge is -2.23. The van der Waals surface area contributed by atoms with Crippen LogP contribution in [0.25, 0.3) is 0 Å². The number of likely N-dealkylation sites (N-methyl/N-ethyl adjacent to an activating group) is 1. The molecule has 0 atom stereocenters. The fourth-order valence-electron chi connectivity index (χ4n) is 2.20. The Morgan fingerprint density at radius 3 is 2.94 bits per heavy atom. The van der Waals surface area contributed by atoms with Crippen LogP contribution in [0.3, 0.4) is 0 Å². The average molecular weight is 247 g/mol. The third-order valence-electron chi connectivity index (χ3n) is 3.05. The van der Waals surface area contributed by atoms with Crippen molar-refractivity contribution >= 4 is 17.5 Å². The molecule has 0 saturated heterocycles. The molecule has 0 saturated carbocycles. The molecule has 1 aromatic rings. The Balaban J connectivity index is 2.27. The van der Waals surface area contributed by atoms with E-state index in [0.717, 1.165) is 30.6 Å². The number of rotatable bonds is 3. The molecular weight excluding hydrogens is 230 g/mol. The lowest BCUT2D eigenvalue weighted by atomic mass is 9.99. The smallest absolute Gasteiger partial charge is 0.256 e. The molecule has 2 rings (SSSR count). The number of carbonyl (C=O) groups excluding carboxylic acids is 2. The van der Waals surface area contributed by atoms with Gasteiger partial charge in [0.1, 0.15) is 0 Å². The van der Waals surface area contributed by atoms with Crippen LogP contribution in [0.1, 0.15) is 22.3 Å². The largest absolute Gasteiger partial charge is 0.384 e. The van der Waals surface area contributed by atoms with E-state index in [9.17, 15) is 9.59 Å². The highest BCUT2D eigenvalue weighted by atomic mass is 16.2. The number of carbonyl (C=O) groups is 2. The van der Waals surface area contributed by atoms with Crippen LogP contribution < -0.4 is 11.1 Å². The van der Waals surface area contributed by atoms with Crippen LogP contribution >= 0.6 is 0 Å². The molecule has 18 heavy (non-hydrogen) atoms. The Morgan fingerprint density at radius 2 is 2.22 bits per heavy atom. The summed E-state index contributed by atoms with van der Waals surface area (Å²) >= 11 is 0. The second kappa shape index (κ2) is 5.08. The number of nitrogens with one attached hydrogen (secondary N) is 1. The molecular formula is C13H17N3O2. The Morgan fingerprint density at radius 1 is 1.44 bits per heavy atom. The Labute approximate surface area is 106 Å². The molecule has 0 aromatic heterocycles. The zero-order valence-electron chi connectivity index (χ0n) is 10.4. The van der Waals surface area contributed by atoms with Crippen LogP contribution in [-0.4, -0.2) is 36.9 Å². The van der Waals surface area contributed by atoms with Crippen molar-refractivity contribution < 1.29 is 9.59 Å². The van der Waals surface area contributed by atoms with Gasteiger partial charge in [0.15, 0.2) is 0 Å². The van der Waals surface area contributed by atoms with Gasteiger partial charge in [-0.05, 0) is 24.5 Å². The minimum atomic E-state index is -0.511. The standard InChI is InChI=1S/C13H17N3O2/c1-16(8-11(14)17)13(18)10-6-2-4-9-5-3-7-15-12(9)10/h2,4,6,15H,3,5,7-8H2,1H3,(H2,14,17). The number of nitrogens with zero attached hydrogens (tertiary/aromatic N) is 1. The molecule has 0 unspecified atom stereocenters. The van der Waals surface area contributed by atoms with Crippen LogP contribution in [0.4, 0.5) is 5.69 Å². The summed E-state index contributed by atoms with van der Waals surface area (Å²) in [6.45, 7) is 0.805. The summed E-state index contributed by atoms with van der Waals surface area (Å²) in [4.78, 5) is 24.4. The summed E-state index contributed by atoms with van der Waals surface area (Å²) in [5, 5.41) is 3.26. The average Bonchev–Trinajstić information content (AvgIpc) is 2.36. The van der Waals surface area contributed by atoms with E-state index in [0.29, 0.717) is 5.56 Å². The number of hydrogen-bond donors (Lipinski definition) is 2. The molecule has 0 radical (unpaired) electrons. The van der Waals surface area contributed by atoms with E-state index in [1.54, 1.807) is 13.1 Å². The first-order chi connectivity index (χ1) is 8.59. The van der Waals surface area contributed by atoms with E-state index in [1.165, 1.54) is 4.90 Å². The highest BCUT2D eigenvalue weighted by Crippen LogP contribution is 2.26. The van der Waals surface area contributed by atoms with Gasteiger partial charge >= 0.3 is 0 Å². The molecule has 3 N–H and O–H groups in total. The van der Waals surface area contributed by atoms with Crippen molar-refractivity contribution in [1.29, 1.82) is 0 Å². The molecule has 96 valence electrons. The minimum absolute atomic E-state index is 0.0670. The molecule has 0 spiro atoms. The van der Waals surface area contributed by atoms with Gasteiger partial charge in [0.25, 0.3) is 5.91 Å². The van der Waals surface area contributed by atoms with Crippen LogP contribution in [0.2, 0.25) is 0 Å². The summed E-state index contributed by atoms with van der Waals surface area (Å²) in [7, 11) is 1.58. The van der Waals surface area contributed by atoms with E-state index in [1.807, 2.05) is 12.1 Å². The maximum atomic E-state index is 12.2. The fourth-order valence-corrected chi connectivity index (χ4v) is 2.20. The van der Waals surface area contributed by atoms with Crippen molar-refractivity contribution in [1.82, 2.24) is 4.90 Å². The lowest BCUT2D eigenvalue weighted by molar-refractivity contribution is -0.118. The van der Waals surface area contributed by atoms with Crippen LogP contribution in [0.5, 0.6) is 0 Å². The monoisotopic (exact) mass is 247 g/mol. The van der Waals surface area contributed by atoms with Crippen LogP contribution in [0.15, 0.2) is 18.2 Å². The van der Waals surface area contributed by atoms with Crippen LogP contribution in [0, 0.1) is 0 Å². The summed E-state index contributed by atoms with van der Waals surface area (Å²) in [6, 6.07) is 5.67. The number of amides is 2. The number of fused-ring (bicyclic) bond motifs is 1. The molecule has 0 fully saturated rings. The van der Waals surface area contributed by atoms with Crippen molar-refractivity contribution in [2.45, 2.75) is 12.8 Å². The fraction of sp³-hybridized carbons (Fsp3) is 0.385. The van der Waals surface area contributed by atoms with Gasteiger partial charge in [0, 0.05) is 13.6 Å². The van der Waals surface area contributed by atoms with Crippen molar-refractivity contribution in [2.24, 2.45) is 5.73 Å². The predicted octanol–water partition coefficient (Wildman–Crippen LogP) is 0.602. The minimum Gasteiger partial charge on any atom is -0.384 e. The van der Waals surface area contributed by atoms with Gasteiger partial charge in [-0.3, -0.25) is 9.59 Å². The highest BCUT2D eigenvalue weighted by molar-refractivity contribution is 6.01. The normalized spacial score (nSPS) is 13.4. The number of anilines is 1. The molecule has 1 heterocycles. The Bertz CT molecular complexity index is 485. The number of benzene rings is 1. The quantitative estimate of drug-likeness (QED) is 0.821. The Hall–Kier alpha value is -2.04. The molecule has 2 amide bonds. The maximum Gasteiger partial charge on any atom is 0.256 e. The van der Waals surface area contributed by atoms with Crippen molar-refractivity contribution in [2.75, 3.05) is 25.5 Å². The third kappa shape index (κ3) is 2.45. The number of primary amides is 1. The molecule has 1 aliphatic rings. The maximum absolute atomic E-state index is 12.2. The summed E-state index contributed by atoms with van der Waals surface area (Å²) in [6.07, 6.45) is 2.05.